The third kappa shape index (κ3) is 2.89. The van der Waals surface area contributed by atoms with Gasteiger partial charge in [0.05, 0.1) is 6.10 Å². The van der Waals surface area contributed by atoms with E-state index in [9.17, 15) is 14.4 Å². The Hall–Kier alpha value is -1.43. The van der Waals surface area contributed by atoms with Gasteiger partial charge in [-0.2, -0.15) is 0 Å². The molecule has 5 fully saturated rings. The summed E-state index contributed by atoms with van der Waals surface area (Å²) in [7, 11) is 0. The number of hydrogen-bond acceptors (Lipinski definition) is 6. The van der Waals surface area contributed by atoms with Crippen LogP contribution in [0.4, 0.5) is 0 Å². The fraction of sp³-hybridized carbons (Fsp3) is 0.880. The fourth-order valence-electron chi connectivity index (χ4n) is 9.05. The molecule has 0 aromatic carbocycles. The van der Waals surface area contributed by atoms with Crippen molar-refractivity contribution in [3.05, 3.63) is 0 Å². The molecule has 1 saturated heterocycles. The molecule has 1 heterocycles. The maximum absolute atomic E-state index is 12.5. The van der Waals surface area contributed by atoms with Crippen LogP contribution in [0.2, 0.25) is 0 Å². The molecule has 0 bridgehead atoms. The van der Waals surface area contributed by atoms with Crippen molar-refractivity contribution >= 4 is 17.7 Å². The Kier molecular flexibility index (Phi) is 4.69. The van der Waals surface area contributed by atoms with E-state index in [-0.39, 0.29) is 64.3 Å². The number of fused-ring (bicyclic) bond motifs is 4. The zero-order chi connectivity index (χ0) is 22.3. The predicted octanol–water partition coefficient (Wildman–Crippen LogP) is 3.84. The second-order valence-corrected chi connectivity index (χ2v) is 11.5. The average molecular weight is 433 g/mol. The van der Waals surface area contributed by atoms with Crippen LogP contribution < -0.4 is 0 Å². The molecule has 4 saturated carbocycles. The summed E-state index contributed by atoms with van der Waals surface area (Å²) in [5.74, 6) is 0.919. The number of esters is 2. The van der Waals surface area contributed by atoms with Gasteiger partial charge >= 0.3 is 11.9 Å². The van der Waals surface area contributed by atoms with Gasteiger partial charge in [0.2, 0.25) is 0 Å². The summed E-state index contributed by atoms with van der Waals surface area (Å²) in [6.45, 7) is 9.27. The Morgan fingerprint density at radius 1 is 0.935 bits per heavy atom. The first-order valence-electron chi connectivity index (χ1n) is 12.0. The van der Waals surface area contributed by atoms with E-state index in [1.54, 1.807) is 6.92 Å². The maximum Gasteiger partial charge on any atom is 0.302 e. The summed E-state index contributed by atoms with van der Waals surface area (Å²) in [4.78, 5) is 36.2. The van der Waals surface area contributed by atoms with Crippen molar-refractivity contribution in [2.24, 2.45) is 34.5 Å². The van der Waals surface area contributed by atoms with Gasteiger partial charge < -0.3 is 14.2 Å². The largest absolute Gasteiger partial charge is 0.462 e. The molecule has 1 spiro atoms. The fourth-order valence-corrected chi connectivity index (χ4v) is 9.05. The Bertz CT molecular complexity index is 823. The number of ether oxygens (including phenoxy) is 3. The second-order valence-electron chi connectivity index (χ2n) is 11.5. The quantitative estimate of drug-likeness (QED) is 0.498. The third-order valence-corrected chi connectivity index (χ3v) is 10.1. The molecule has 0 unspecified atom stereocenters. The Labute approximate surface area is 184 Å². The van der Waals surface area contributed by atoms with Gasteiger partial charge in [-0.25, -0.2) is 0 Å². The molecule has 5 rings (SSSR count). The minimum atomic E-state index is -0.281. The minimum absolute atomic E-state index is 0.0517. The second kappa shape index (κ2) is 6.79. The summed E-state index contributed by atoms with van der Waals surface area (Å²) in [5, 5.41) is 0. The van der Waals surface area contributed by atoms with Crippen molar-refractivity contribution < 1.29 is 28.6 Å². The highest BCUT2D eigenvalue weighted by Crippen LogP contribution is 2.74. The summed E-state index contributed by atoms with van der Waals surface area (Å²) in [6, 6.07) is 0. The lowest BCUT2D eigenvalue weighted by atomic mass is 9.43. The molecule has 0 aromatic rings. The molecule has 1 aliphatic heterocycles. The van der Waals surface area contributed by atoms with Crippen molar-refractivity contribution in [1.82, 2.24) is 0 Å². The first-order valence-corrected chi connectivity index (χ1v) is 12.0. The summed E-state index contributed by atoms with van der Waals surface area (Å²) >= 11 is 0. The van der Waals surface area contributed by atoms with Crippen LogP contribution in [0.3, 0.4) is 0 Å². The molecule has 0 radical (unpaired) electrons. The standard InChI is InChI=1S/C25H36O6/c1-13(26)18-6-7-19-17-10-21-25(31-21)11-16(29-14(2)27)8-9-24(25,5)22(17)20(30-15(3)28)12-23(18,19)4/h16-22H,6-12H2,1-5H3/t16-,17-,18+,19-,20+,21+,22+,23+,24+,25+/m0/s1. The third-order valence-electron chi connectivity index (χ3n) is 10.1. The smallest absolute Gasteiger partial charge is 0.302 e. The molecule has 6 nitrogen and oxygen atoms in total. The number of hydrogen-bond donors (Lipinski definition) is 0. The number of rotatable bonds is 3. The zero-order valence-electron chi connectivity index (χ0n) is 19.4. The van der Waals surface area contributed by atoms with E-state index in [1.807, 2.05) is 0 Å². The van der Waals surface area contributed by atoms with Gasteiger partial charge in [0, 0.05) is 37.5 Å². The molecule has 172 valence electrons. The van der Waals surface area contributed by atoms with Gasteiger partial charge in [-0.3, -0.25) is 14.4 Å². The van der Waals surface area contributed by atoms with Crippen LogP contribution >= 0.6 is 0 Å². The van der Waals surface area contributed by atoms with Crippen molar-refractivity contribution in [3.8, 4) is 0 Å². The molecular weight excluding hydrogens is 396 g/mol. The van der Waals surface area contributed by atoms with Crippen LogP contribution in [0.5, 0.6) is 0 Å². The maximum atomic E-state index is 12.5. The van der Waals surface area contributed by atoms with Gasteiger partial charge in [0.25, 0.3) is 0 Å². The van der Waals surface area contributed by atoms with Crippen LogP contribution in [0, 0.1) is 34.5 Å². The zero-order valence-corrected chi connectivity index (χ0v) is 19.4. The Morgan fingerprint density at radius 3 is 2.29 bits per heavy atom. The Morgan fingerprint density at radius 2 is 1.65 bits per heavy atom. The molecule has 10 atom stereocenters. The highest BCUT2D eigenvalue weighted by atomic mass is 16.6. The summed E-state index contributed by atoms with van der Waals surface area (Å²) < 4.78 is 18.1. The summed E-state index contributed by atoms with van der Waals surface area (Å²) in [5.41, 5.74) is -0.516. The van der Waals surface area contributed by atoms with Gasteiger partial charge in [-0.05, 0) is 62.7 Å². The lowest BCUT2D eigenvalue weighted by Crippen LogP contribution is -2.63. The molecule has 0 N–H and O–H groups in total. The number of Topliss-reactive ketones (excluding diaryl/α,β-unsaturated/α-hetero) is 1. The minimum Gasteiger partial charge on any atom is -0.462 e. The average Bonchev–Trinajstić information content (AvgIpc) is 3.22. The van der Waals surface area contributed by atoms with Crippen molar-refractivity contribution in [2.45, 2.75) is 103 Å². The van der Waals surface area contributed by atoms with Gasteiger partial charge in [0.1, 0.15) is 23.6 Å². The van der Waals surface area contributed by atoms with Crippen LogP contribution in [0.15, 0.2) is 0 Å². The van der Waals surface area contributed by atoms with E-state index in [0.29, 0.717) is 11.8 Å². The molecule has 31 heavy (non-hydrogen) atoms. The molecule has 0 aromatic heterocycles. The van der Waals surface area contributed by atoms with E-state index in [2.05, 4.69) is 13.8 Å². The molecule has 4 aliphatic carbocycles. The van der Waals surface area contributed by atoms with E-state index < -0.39 is 0 Å². The van der Waals surface area contributed by atoms with Crippen LogP contribution in [-0.2, 0) is 28.6 Å². The lowest BCUT2D eigenvalue weighted by Gasteiger charge is -2.61. The van der Waals surface area contributed by atoms with Crippen molar-refractivity contribution in [2.75, 3.05) is 0 Å². The van der Waals surface area contributed by atoms with E-state index >= 15 is 0 Å². The predicted molar refractivity (Wildman–Crippen MR) is 112 cm³/mol. The Balaban J connectivity index is 1.51. The topological polar surface area (TPSA) is 82.2 Å². The number of epoxide rings is 1. The molecule has 6 heteroatoms. The normalized spacial score (nSPS) is 52.1. The van der Waals surface area contributed by atoms with Gasteiger partial charge in [-0.1, -0.05) is 13.8 Å². The van der Waals surface area contributed by atoms with Crippen molar-refractivity contribution in [1.29, 1.82) is 0 Å². The lowest BCUT2D eigenvalue weighted by molar-refractivity contribution is -0.194. The SMILES string of the molecule is CC(=O)O[C@H]1CC[C@]2(C)[C@@H]3[C@@H](C[C@H]4O[C@]42C1)[C@@H]1CC[C@H](C(C)=O)[C@@]1(C)C[C@H]3OC(C)=O. The first-order chi connectivity index (χ1) is 14.5. The molecule has 5 aliphatic rings. The summed E-state index contributed by atoms with van der Waals surface area (Å²) in [6.07, 6.45) is 6.07. The highest BCUT2D eigenvalue weighted by Gasteiger charge is 2.78. The number of carbonyl (C=O) groups is 3. The van der Waals surface area contributed by atoms with Crippen LogP contribution in [0.1, 0.15) is 79.6 Å². The van der Waals surface area contributed by atoms with Gasteiger partial charge in [0.15, 0.2) is 0 Å². The van der Waals surface area contributed by atoms with Gasteiger partial charge in [-0.15, -0.1) is 0 Å². The van der Waals surface area contributed by atoms with E-state index in [1.165, 1.54) is 13.8 Å². The molecule has 0 amide bonds. The van der Waals surface area contributed by atoms with E-state index in [4.69, 9.17) is 14.2 Å². The van der Waals surface area contributed by atoms with Crippen molar-refractivity contribution in [3.63, 3.8) is 0 Å². The van der Waals surface area contributed by atoms with E-state index in [0.717, 1.165) is 44.9 Å². The number of ketones is 1. The highest BCUT2D eigenvalue weighted by molar-refractivity contribution is 5.79. The molecular formula is C25H36O6. The monoisotopic (exact) mass is 432 g/mol. The van der Waals surface area contributed by atoms with Crippen LogP contribution in [0.25, 0.3) is 0 Å². The number of carbonyl (C=O) groups excluding carboxylic acids is 3. The van der Waals surface area contributed by atoms with Crippen LogP contribution in [-0.4, -0.2) is 41.6 Å². The first kappa shape index (κ1) is 21.4.